The molecule has 0 heterocycles. The molecule has 16 heavy (non-hydrogen) atoms. The van der Waals surface area contributed by atoms with Gasteiger partial charge >= 0.3 is 0 Å². The van der Waals surface area contributed by atoms with E-state index in [0.29, 0.717) is 0 Å². The molecule has 4 nitrogen and oxygen atoms in total. The van der Waals surface area contributed by atoms with Crippen LogP contribution < -0.4 is 0 Å². The summed E-state index contributed by atoms with van der Waals surface area (Å²) in [6, 6.07) is 5.10. The third kappa shape index (κ3) is 3.20. The number of benzene rings is 1. The Bertz CT molecular complexity index is 558. The van der Waals surface area contributed by atoms with Gasteiger partial charge in [0.25, 0.3) is 0 Å². The van der Waals surface area contributed by atoms with Gasteiger partial charge in [0.2, 0.25) is 0 Å². The van der Waals surface area contributed by atoms with Crippen molar-refractivity contribution < 1.29 is 16.8 Å². The summed E-state index contributed by atoms with van der Waals surface area (Å²) in [5, 5.41) is 0. The highest BCUT2D eigenvalue weighted by Gasteiger charge is 2.14. The van der Waals surface area contributed by atoms with Crippen LogP contribution in [0.4, 0.5) is 0 Å². The Labute approximate surface area is 100 Å². The predicted octanol–water partition coefficient (Wildman–Crippen LogP) is 1.10. The largest absolute Gasteiger partial charge is 0.224 e. The van der Waals surface area contributed by atoms with Crippen molar-refractivity contribution in [2.45, 2.75) is 9.79 Å². The van der Waals surface area contributed by atoms with E-state index in [1.807, 2.05) is 0 Å². The Balaban J connectivity index is 3.15. The highest BCUT2D eigenvalue weighted by atomic mass is 35.5. The van der Waals surface area contributed by atoms with Crippen molar-refractivity contribution in [3.05, 3.63) is 24.3 Å². The van der Waals surface area contributed by atoms with Crippen molar-refractivity contribution in [3.8, 4) is 0 Å². The van der Waals surface area contributed by atoms with E-state index >= 15 is 0 Å². The van der Waals surface area contributed by atoms with E-state index in [-0.39, 0.29) is 21.4 Å². The second-order valence-corrected chi connectivity index (χ2v) is 7.75. The first-order chi connectivity index (χ1) is 7.27. The summed E-state index contributed by atoms with van der Waals surface area (Å²) in [5.74, 6) is -0.150. The van der Waals surface area contributed by atoms with Crippen LogP contribution in [0.1, 0.15) is 0 Å². The summed E-state index contributed by atoms with van der Waals surface area (Å²) in [6.07, 6.45) is 1.06. The number of rotatable bonds is 4. The number of halogens is 1. The topological polar surface area (TPSA) is 68.3 Å². The van der Waals surface area contributed by atoms with E-state index in [4.69, 9.17) is 11.6 Å². The molecule has 0 bridgehead atoms. The molecule has 0 amide bonds. The van der Waals surface area contributed by atoms with Gasteiger partial charge in [0.05, 0.1) is 15.5 Å². The molecule has 0 saturated heterocycles. The SMILES string of the molecule is CS(=O)(=O)c1ccc(S(=O)(=O)CCCl)cc1. The van der Waals surface area contributed by atoms with Crippen LogP contribution in [0.15, 0.2) is 34.1 Å². The van der Waals surface area contributed by atoms with Gasteiger partial charge in [0.1, 0.15) is 0 Å². The summed E-state index contributed by atoms with van der Waals surface area (Å²) >= 11 is 5.36. The zero-order valence-electron chi connectivity index (χ0n) is 8.55. The van der Waals surface area contributed by atoms with E-state index in [1.165, 1.54) is 24.3 Å². The van der Waals surface area contributed by atoms with Crippen LogP contribution in [0.5, 0.6) is 0 Å². The minimum absolute atomic E-state index is 0.0101. The molecule has 7 heteroatoms. The fourth-order valence-corrected chi connectivity index (χ4v) is 3.34. The van der Waals surface area contributed by atoms with Gasteiger partial charge in [0, 0.05) is 12.1 Å². The molecule has 0 aliphatic rings. The molecular formula is C9H11ClO4S2. The summed E-state index contributed by atoms with van der Waals surface area (Å²) in [6.45, 7) is 0. The fraction of sp³-hybridized carbons (Fsp3) is 0.333. The Morgan fingerprint density at radius 1 is 1.00 bits per heavy atom. The van der Waals surface area contributed by atoms with E-state index in [2.05, 4.69) is 0 Å². The van der Waals surface area contributed by atoms with E-state index < -0.39 is 19.7 Å². The first-order valence-corrected chi connectivity index (χ1v) is 8.44. The van der Waals surface area contributed by atoms with E-state index in [9.17, 15) is 16.8 Å². The lowest BCUT2D eigenvalue weighted by atomic mass is 10.4. The van der Waals surface area contributed by atoms with E-state index in [0.717, 1.165) is 6.26 Å². The van der Waals surface area contributed by atoms with Gasteiger partial charge in [-0.05, 0) is 24.3 Å². The molecule has 0 aliphatic carbocycles. The smallest absolute Gasteiger partial charge is 0.179 e. The van der Waals surface area contributed by atoms with Gasteiger partial charge in [-0.2, -0.15) is 0 Å². The average molecular weight is 283 g/mol. The first kappa shape index (κ1) is 13.5. The van der Waals surface area contributed by atoms with Gasteiger partial charge in [-0.25, -0.2) is 16.8 Å². The molecule has 0 N–H and O–H groups in total. The third-order valence-electron chi connectivity index (χ3n) is 1.96. The predicted molar refractivity (Wildman–Crippen MR) is 62.3 cm³/mol. The van der Waals surface area contributed by atoms with Gasteiger partial charge in [-0.1, -0.05) is 0 Å². The monoisotopic (exact) mass is 282 g/mol. The number of sulfone groups is 2. The molecule has 0 fully saturated rings. The lowest BCUT2D eigenvalue weighted by Gasteiger charge is -2.03. The van der Waals surface area contributed by atoms with Gasteiger partial charge < -0.3 is 0 Å². The van der Waals surface area contributed by atoms with Crippen molar-refractivity contribution >= 4 is 31.3 Å². The lowest BCUT2D eigenvalue weighted by Crippen LogP contribution is -2.08. The standard InChI is InChI=1S/C9H11ClO4S2/c1-15(11,12)8-2-4-9(5-3-8)16(13,14)7-6-10/h2-5H,6-7H2,1H3. The number of hydrogen-bond acceptors (Lipinski definition) is 4. The maximum atomic E-state index is 11.6. The van der Waals surface area contributed by atoms with Crippen LogP contribution in [-0.2, 0) is 19.7 Å². The van der Waals surface area contributed by atoms with Crippen molar-refractivity contribution in [2.75, 3.05) is 17.9 Å². The van der Waals surface area contributed by atoms with Crippen LogP contribution in [0.2, 0.25) is 0 Å². The van der Waals surface area contributed by atoms with Crippen molar-refractivity contribution in [1.29, 1.82) is 0 Å². The average Bonchev–Trinajstić information content (AvgIpc) is 2.16. The minimum Gasteiger partial charge on any atom is -0.224 e. The molecule has 0 atom stereocenters. The molecule has 1 rings (SSSR count). The second kappa shape index (κ2) is 4.73. The summed E-state index contributed by atoms with van der Waals surface area (Å²) in [7, 11) is -6.70. The Hall–Kier alpha value is -0.590. The first-order valence-electron chi connectivity index (χ1n) is 4.36. The van der Waals surface area contributed by atoms with Crippen LogP contribution >= 0.6 is 11.6 Å². The number of hydrogen-bond donors (Lipinski definition) is 0. The van der Waals surface area contributed by atoms with Gasteiger partial charge in [-0.15, -0.1) is 11.6 Å². The Kier molecular flexibility index (Phi) is 3.98. The summed E-state index contributed by atoms with van der Waals surface area (Å²) < 4.78 is 45.4. The van der Waals surface area contributed by atoms with Crippen LogP contribution in [0.25, 0.3) is 0 Å². The van der Waals surface area contributed by atoms with Crippen LogP contribution in [-0.4, -0.2) is 34.7 Å². The highest BCUT2D eigenvalue weighted by Crippen LogP contribution is 2.15. The Morgan fingerprint density at radius 2 is 1.44 bits per heavy atom. The minimum atomic E-state index is -3.40. The fourth-order valence-electron chi connectivity index (χ4n) is 1.11. The molecule has 0 unspecified atom stereocenters. The lowest BCUT2D eigenvalue weighted by molar-refractivity contribution is 0.595. The van der Waals surface area contributed by atoms with Crippen LogP contribution in [0, 0.1) is 0 Å². The molecule has 90 valence electrons. The maximum absolute atomic E-state index is 11.6. The van der Waals surface area contributed by atoms with E-state index in [1.54, 1.807) is 0 Å². The van der Waals surface area contributed by atoms with Crippen molar-refractivity contribution in [3.63, 3.8) is 0 Å². The zero-order valence-corrected chi connectivity index (χ0v) is 10.9. The zero-order chi connectivity index (χ0) is 12.4. The summed E-state index contributed by atoms with van der Waals surface area (Å²) in [4.78, 5) is 0.179. The van der Waals surface area contributed by atoms with Crippen molar-refractivity contribution in [2.24, 2.45) is 0 Å². The molecular weight excluding hydrogens is 272 g/mol. The quantitative estimate of drug-likeness (QED) is 0.776. The second-order valence-electron chi connectivity index (χ2n) is 3.25. The normalized spacial score (nSPS) is 12.6. The van der Waals surface area contributed by atoms with Gasteiger partial charge in [0.15, 0.2) is 19.7 Å². The maximum Gasteiger partial charge on any atom is 0.179 e. The molecule has 1 aromatic rings. The molecule has 0 aliphatic heterocycles. The van der Waals surface area contributed by atoms with Crippen LogP contribution in [0.3, 0.4) is 0 Å². The van der Waals surface area contributed by atoms with Gasteiger partial charge in [-0.3, -0.25) is 0 Å². The highest BCUT2D eigenvalue weighted by molar-refractivity contribution is 7.91. The van der Waals surface area contributed by atoms with Crippen molar-refractivity contribution in [1.82, 2.24) is 0 Å². The Morgan fingerprint density at radius 3 is 1.81 bits per heavy atom. The molecule has 0 spiro atoms. The molecule has 0 saturated carbocycles. The molecule has 0 radical (unpaired) electrons. The molecule has 1 aromatic carbocycles. The number of alkyl halides is 1. The molecule has 0 aromatic heterocycles. The summed E-state index contributed by atoms with van der Waals surface area (Å²) in [5.41, 5.74) is 0. The third-order valence-corrected chi connectivity index (χ3v) is 5.23.